The van der Waals surface area contributed by atoms with Crippen LogP contribution in [0.5, 0.6) is 0 Å². The van der Waals surface area contributed by atoms with Gasteiger partial charge in [-0.05, 0) is 18.6 Å². The molecule has 0 saturated carbocycles. The van der Waals surface area contributed by atoms with Crippen LogP contribution in [-0.4, -0.2) is 0 Å². The van der Waals surface area contributed by atoms with Crippen molar-refractivity contribution in [3.8, 4) is 11.1 Å². The molecular weight excluding hydrogens is 202 g/mol. The summed E-state index contributed by atoms with van der Waals surface area (Å²) in [5.74, 6) is 0. The lowest BCUT2D eigenvalue weighted by molar-refractivity contribution is 1.44. The summed E-state index contributed by atoms with van der Waals surface area (Å²) in [6.07, 6.45) is 0. The first-order valence-electron chi connectivity index (χ1n) is 4.83. The van der Waals surface area contributed by atoms with E-state index in [2.05, 4.69) is 43.8 Å². The molecule has 0 atom stereocenters. The van der Waals surface area contributed by atoms with Crippen LogP contribution in [0.1, 0.15) is 5.56 Å². The van der Waals surface area contributed by atoms with Crippen LogP contribution >= 0.6 is 12.6 Å². The number of thiol groups is 1. The van der Waals surface area contributed by atoms with Gasteiger partial charge >= 0.3 is 0 Å². The number of benzene rings is 2. The number of aryl methyl sites for hydroxylation is 1. The zero-order chi connectivity index (χ0) is 10.8. The van der Waals surface area contributed by atoms with E-state index in [4.69, 9.17) is 5.73 Å². The molecule has 0 unspecified atom stereocenters. The van der Waals surface area contributed by atoms with Gasteiger partial charge in [-0.3, -0.25) is 0 Å². The van der Waals surface area contributed by atoms with Crippen LogP contribution in [-0.2, 0) is 0 Å². The van der Waals surface area contributed by atoms with Crippen molar-refractivity contribution in [1.82, 2.24) is 0 Å². The Kier molecular flexibility index (Phi) is 2.69. The highest BCUT2D eigenvalue weighted by molar-refractivity contribution is 7.80. The molecule has 0 bridgehead atoms. The van der Waals surface area contributed by atoms with Crippen LogP contribution in [0.3, 0.4) is 0 Å². The third-order valence-corrected chi connectivity index (χ3v) is 2.84. The van der Waals surface area contributed by atoms with E-state index in [0.717, 1.165) is 21.7 Å². The molecule has 2 rings (SSSR count). The van der Waals surface area contributed by atoms with Crippen molar-refractivity contribution in [2.75, 3.05) is 5.73 Å². The average molecular weight is 215 g/mol. The molecule has 2 heteroatoms. The standard InChI is InChI=1S/C13H13NS/c1-9-5-7-10(8-6-9)11-3-2-4-12(15)13(11)14/h2-8,15H,14H2,1H3. The molecule has 0 amide bonds. The van der Waals surface area contributed by atoms with Gasteiger partial charge in [0.15, 0.2) is 0 Å². The maximum Gasteiger partial charge on any atom is 0.0529 e. The first kappa shape index (κ1) is 10.1. The van der Waals surface area contributed by atoms with Gasteiger partial charge in [0.25, 0.3) is 0 Å². The minimum Gasteiger partial charge on any atom is -0.397 e. The third kappa shape index (κ3) is 2.00. The Morgan fingerprint density at radius 2 is 1.67 bits per heavy atom. The molecule has 0 aliphatic heterocycles. The topological polar surface area (TPSA) is 26.0 Å². The van der Waals surface area contributed by atoms with Crippen LogP contribution in [0.4, 0.5) is 5.69 Å². The van der Waals surface area contributed by atoms with Crippen molar-refractivity contribution in [2.45, 2.75) is 11.8 Å². The second-order valence-corrected chi connectivity index (χ2v) is 4.09. The van der Waals surface area contributed by atoms with E-state index in [-0.39, 0.29) is 0 Å². The monoisotopic (exact) mass is 215 g/mol. The van der Waals surface area contributed by atoms with Crippen LogP contribution in [0.2, 0.25) is 0 Å². The fourth-order valence-electron chi connectivity index (χ4n) is 1.54. The molecule has 76 valence electrons. The molecule has 0 spiro atoms. The molecule has 0 aliphatic rings. The second-order valence-electron chi connectivity index (χ2n) is 3.60. The average Bonchev–Trinajstić information content (AvgIpc) is 2.24. The Bertz CT molecular complexity index is 474. The smallest absolute Gasteiger partial charge is 0.0529 e. The van der Waals surface area contributed by atoms with Gasteiger partial charge in [0.1, 0.15) is 0 Å². The molecule has 15 heavy (non-hydrogen) atoms. The van der Waals surface area contributed by atoms with Crippen LogP contribution < -0.4 is 5.73 Å². The highest BCUT2D eigenvalue weighted by Crippen LogP contribution is 2.30. The van der Waals surface area contributed by atoms with Crippen LogP contribution in [0, 0.1) is 6.92 Å². The molecule has 0 radical (unpaired) electrons. The molecule has 1 nitrogen and oxygen atoms in total. The minimum absolute atomic E-state index is 0.740. The Morgan fingerprint density at radius 1 is 1.00 bits per heavy atom. The molecule has 0 heterocycles. The normalized spacial score (nSPS) is 10.3. The predicted octanol–water partition coefficient (Wildman–Crippen LogP) is 3.53. The Morgan fingerprint density at radius 3 is 2.33 bits per heavy atom. The molecule has 0 saturated heterocycles. The molecular formula is C13H13NS. The molecule has 2 N–H and O–H groups in total. The maximum atomic E-state index is 5.98. The highest BCUT2D eigenvalue weighted by Gasteiger charge is 2.03. The van der Waals surface area contributed by atoms with E-state index in [1.165, 1.54) is 5.56 Å². The van der Waals surface area contributed by atoms with Crippen molar-refractivity contribution in [3.63, 3.8) is 0 Å². The first-order valence-corrected chi connectivity index (χ1v) is 5.27. The second kappa shape index (κ2) is 3.99. The van der Waals surface area contributed by atoms with Gasteiger partial charge in [0, 0.05) is 10.5 Å². The van der Waals surface area contributed by atoms with Gasteiger partial charge in [-0.1, -0.05) is 42.0 Å². The number of anilines is 1. The van der Waals surface area contributed by atoms with E-state index in [0.29, 0.717) is 0 Å². The fourth-order valence-corrected chi connectivity index (χ4v) is 1.74. The summed E-state index contributed by atoms with van der Waals surface area (Å²) in [4.78, 5) is 0.827. The van der Waals surface area contributed by atoms with Gasteiger partial charge in [-0.2, -0.15) is 0 Å². The lowest BCUT2D eigenvalue weighted by Crippen LogP contribution is -1.91. The molecule has 2 aromatic carbocycles. The highest BCUT2D eigenvalue weighted by atomic mass is 32.1. The van der Waals surface area contributed by atoms with E-state index in [9.17, 15) is 0 Å². The van der Waals surface area contributed by atoms with Crippen molar-refractivity contribution in [3.05, 3.63) is 48.0 Å². The zero-order valence-corrected chi connectivity index (χ0v) is 9.46. The van der Waals surface area contributed by atoms with Gasteiger partial charge < -0.3 is 5.73 Å². The number of rotatable bonds is 1. The lowest BCUT2D eigenvalue weighted by atomic mass is 10.0. The number of nitrogens with two attached hydrogens (primary N) is 1. The van der Waals surface area contributed by atoms with Gasteiger partial charge in [0.2, 0.25) is 0 Å². The molecule has 0 aromatic heterocycles. The number of hydrogen-bond donors (Lipinski definition) is 2. The van der Waals surface area contributed by atoms with E-state index in [1.54, 1.807) is 0 Å². The summed E-state index contributed by atoms with van der Waals surface area (Å²) in [7, 11) is 0. The van der Waals surface area contributed by atoms with Crippen LogP contribution in [0.25, 0.3) is 11.1 Å². The summed E-state index contributed by atoms with van der Waals surface area (Å²) < 4.78 is 0. The fraction of sp³-hybridized carbons (Fsp3) is 0.0769. The van der Waals surface area contributed by atoms with E-state index >= 15 is 0 Å². The zero-order valence-electron chi connectivity index (χ0n) is 8.57. The largest absolute Gasteiger partial charge is 0.397 e. The van der Waals surface area contributed by atoms with Gasteiger partial charge in [-0.15, -0.1) is 12.6 Å². The van der Waals surface area contributed by atoms with Gasteiger partial charge in [0.05, 0.1) is 5.69 Å². The Labute approximate surface area is 95.3 Å². The van der Waals surface area contributed by atoms with Crippen molar-refractivity contribution < 1.29 is 0 Å². The lowest BCUT2D eigenvalue weighted by Gasteiger charge is -2.07. The quantitative estimate of drug-likeness (QED) is 0.552. The number of nitrogen functional groups attached to an aromatic ring is 1. The first-order chi connectivity index (χ1) is 7.18. The van der Waals surface area contributed by atoms with Crippen molar-refractivity contribution >= 4 is 18.3 Å². The van der Waals surface area contributed by atoms with Gasteiger partial charge in [-0.25, -0.2) is 0 Å². The van der Waals surface area contributed by atoms with Crippen molar-refractivity contribution in [2.24, 2.45) is 0 Å². The number of para-hydroxylation sites is 1. The maximum absolute atomic E-state index is 5.98. The molecule has 2 aromatic rings. The third-order valence-electron chi connectivity index (χ3n) is 2.45. The summed E-state index contributed by atoms with van der Waals surface area (Å²) in [5, 5.41) is 0. The number of hydrogen-bond acceptors (Lipinski definition) is 2. The van der Waals surface area contributed by atoms with E-state index < -0.39 is 0 Å². The summed E-state index contributed by atoms with van der Waals surface area (Å²) in [6, 6.07) is 14.2. The molecule has 0 fully saturated rings. The summed E-state index contributed by atoms with van der Waals surface area (Å²) >= 11 is 4.31. The predicted molar refractivity (Wildman–Crippen MR) is 68.3 cm³/mol. The molecule has 0 aliphatic carbocycles. The minimum atomic E-state index is 0.740. The Hall–Kier alpha value is -1.41. The summed E-state index contributed by atoms with van der Waals surface area (Å²) in [6.45, 7) is 2.07. The van der Waals surface area contributed by atoms with Crippen LogP contribution in [0.15, 0.2) is 47.4 Å². The SMILES string of the molecule is Cc1ccc(-c2cccc(S)c2N)cc1. The van der Waals surface area contributed by atoms with Crippen molar-refractivity contribution in [1.29, 1.82) is 0 Å². The summed E-state index contributed by atoms with van der Waals surface area (Å²) in [5.41, 5.74) is 10.1. The van der Waals surface area contributed by atoms with E-state index in [1.807, 2.05) is 18.2 Å². The Balaban J connectivity index is 2.54.